The zero-order chi connectivity index (χ0) is 17.6. The Bertz CT molecular complexity index is 961. The van der Waals surface area contributed by atoms with Crippen LogP contribution in [0.1, 0.15) is 33.0 Å². The van der Waals surface area contributed by atoms with E-state index >= 15 is 0 Å². The maximum absolute atomic E-state index is 13.1. The molecule has 25 heavy (non-hydrogen) atoms. The molecule has 0 atom stereocenters. The third-order valence-corrected chi connectivity index (χ3v) is 5.57. The molecule has 3 aromatic rings. The summed E-state index contributed by atoms with van der Waals surface area (Å²) >= 11 is 1.32. The maximum atomic E-state index is 13.1. The minimum Gasteiger partial charge on any atom is -0.365 e. The zero-order valence-corrected chi connectivity index (χ0v) is 14.4. The molecule has 4 nitrogen and oxygen atoms in total. The van der Waals surface area contributed by atoms with Gasteiger partial charge in [0, 0.05) is 0 Å². The fourth-order valence-corrected chi connectivity index (χ4v) is 4.42. The summed E-state index contributed by atoms with van der Waals surface area (Å²) in [6.45, 7) is 1.81. The molecule has 0 radical (unpaired) electrons. The molecule has 2 amide bonds. The Balaban J connectivity index is 1.75. The van der Waals surface area contributed by atoms with Gasteiger partial charge in [0.25, 0.3) is 5.91 Å². The van der Waals surface area contributed by atoms with Crippen molar-refractivity contribution in [2.24, 2.45) is 5.73 Å². The zero-order valence-electron chi connectivity index (χ0n) is 13.6. The Morgan fingerprint density at radius 1 is 1.00 bits per heavy atom. The lowest BCUT2D eigenvalue weighted by Gasteiger charge is -2.14. The molecule has 0 unspecified atom stereocenters. The fourth-order valence-electron chi connectivity index (χ4n) is 3.46. The van der Waals surface area contributed by atoms with Crippen LogP contribution in [0.15, 0.2) is 53.9 Å². The van der Waals surface area contributed by atoms with Crippen molar-refractivity contribution in [1.29, 1.82) is 0 Å². The topological polar surface area (TPSA) is 72.2 Å². The van der Waals surface area contributed by atoms with E-state index in [-0.39, 0.29) is 5.91 Å². The Hall–Kier alpha value is -2.92. The predicted octanol–water partition coefficient (Wildman–Crippen LogP) is 3.91. The summed E-state index contributed by atoms with van der Waals surface area (Å²) in [5.74, 6) is -1.07. The number of carbonyl (C=O) groups is 2. The van der Waals surface area contributed by atoms with E-state index in [9.17, 15) is 9.59 Å². The molecular formula is C20H16N2O2S. The van der Waals surface area contributed by atoms with Gasteiger partial charge in [-0.25, -0.2) is 0 Å². The summed E-state index contributed by atoms with van der Waals surface area (Å²) in [6, 6.07) is 15.9. The summed E-state index contributed by atoms with van der Waals surface area (Å²) < 4.78 is 0. The van der Waals surface area contributed by atoms with Gasteiger partial charge >= 0.3 is 0 Å². The monoisotopic (exact) mass is 348 g/mol. The first-order chi connectivity index (χ1) is 12.1. The number of nitrogens with two attached hydrogens (primary N) is 1. The summed E-state index contributed by atoms with van der Waals surface area (Å²) in [5, 5.41) is 5.25. The van der Waals surface area contributed by atoms with Crippen molar-refractivity contribution in [3.8, 4) is 11.1 Å². The summed E-state index contributed by atoms with van der Waals surface area (Å²) in [5.41, 5.74) is 10.7. The number of amides is 2. The van der Waals surface area contributed by atoms with Crippen molar-refractivity contribution in [2.75, 3.05) is 5.32 Å². The standard InChI is InChI=1S/C20H16N2O2S/c1-11-10-25-20(16(11)18(21)23)22-19(24)17-14-8-4-2-6-12(14)13-7-3-5-9-15(13)17/h2-10,17H,1H3,(H2,21,23)(H,22,24). The highest BCUT2D eigenvalue weighted by Crippen LogP contribution is 2.45. The number of anilines is 1. The van der Waals surface area contributed by atoms with E-state index in [1.165, 1.54) is 11.3 Å². The lowest BCUT2D eigenvalue weighted by atomic mass is 9.96. The maximum Gasteiger partial charge on any atom is 0.251 e. The lowest BCUT2D eigenvalue weighted by molar-refractivity contribution is -0.116. The molecule has 0 spiro atoms. The molecule has 0 bridgehead atoms. The van der Waals surface area contributed by atoms with E-state index in [1.807, 2.05) is 60.8 Å². The predicted molar refractivity (Wildman–Crippen MR) is 99.9 cm³/mol. The first kappa shape index (κ1) is 15.6. The van der Waals surface area contributed by atoms with Crippen LogP contribution in [0.3, 0.4) is 0 Å². The molecular weight excluding hydrogens is 332 g/mol. The number of fused-ring (bicyclic) bond motifs is 3. The van der Waals surface area contributed by atoms with Gasteiger partial charge < -0.3 is 11.1 Å². The number of thiophene rings is 1. The molecule has 1 heterocycles. The minimum absolute atomic E-state index is 0.151. The van der Waals surface area contributed by atoms with E-state index in [0.29, 0.717) is 10.6 Å². The second kappa shape index (κ2) is 5.86. The number of benzene rings is 2. The van der Waals surface area contributed by atoms with Crippen LogP contribution in [0, 0.1) is 6.92 Å². The number of carbonyl (C=O) groups excluding carboxylic acids is 2. The van der Waals surface area contributed by atoms with Gasteiger partial charge in [-0.05, 0) is 40.1 Å². The molecule has 0 fully saturated rings. The van der Waals surface area contributed by atoms with Crippen molar-refractivity contribution >= 4 is 28.2 Å². The molecule has 4 rings (SSSR count). The molecule has 0 saturated carbocycles. The second-order valence-corrected chi connectivity index (χ2v) is 6.96. The van der Waals surface area contributed by atoms with Gasteiger partial charge in [0.15, 0.2) is 0 Å². The Kier molecular flexibility index (Phi) is 3.66. The van der Waals surface area contributed by atoms with Gasteiger partial charge in [0.05, 0.1) is 11.5 Å². The van der Waals surface area contributed by atoms with Crippen LogP contribution in [-0.2, 0) is 4.79 Å². The molecule has 1 aliphatic rings. The largest absolute Gasteiger partial charge is 0.365 e. The Morgan fingerprint density at radius 2 is 1.56 bits per heavy atom. The highest BCUT2D eigenvalue weighted by atomic mass is 32.1. The van der Waals surface area contributed by atoms with E-state index < -0.39 is 11.8 Å². The van der Waals surface area contributed by atoms with Gasteiger partial charge in [0.1, 0.15) is 5.00 Å². The van der Waals surface area contributed by atoms with Crippen LogP contribution in [0.5, 0.6) is 0 Å². The first-order valence-corrected chi connectivity index (χ1v) is 8.83. The average molecular weight is 348 g/mol. The van der Waals surface area contributed by atoms with Crippen LogP contribution >= 0.6 is 11.3 Å². The van der Waals surface area contributed by atoms with Gasteiger partial charge in [-0.2, -0.15) is 0 Å². The molecule has 1 aromatic heterocycles. The molecule has 0 aliphatic heterocycles. The quantitative estimate of drug-likeness (QED) is 0.753. The van der Waals surface area contributed by atoms with Crippen molar-refractivity contribution in [3.05, 3.63) is 76.2 Å². The van der Waals surface area contributed by atoms with Crippen LogP contribution in [0.2, 0.25) is 0 Å². The normalized spacial score (nSPS) is 12.5. The van der Waals surface area contributed by atoms with Gasteiger partial charge in [-0.1, -0.05) is 48.5 Å². The van der Waals surface area contributed by atoms with Crippen molar-refractivity contribution < 1.29 is 9.59 Å². The van der Waals surface area contributed by atoms with Gasteiger partial charge in [-0.15, -0.1) is 11.3 Å². The SMILES string of the molecule is Cc1csc(NC(=O)C2c3ccccc3-c3ccccc32)c1C(N)=O. The molecule has 124 valence electrons. The van der Waals surface area contributed by atoms with Crippen molar-refractivity contribution in [2.45, 2.75) is 12.8 Å². The van der Waals surface area contributed by atoms with Gasteiger partial charge in [0.2, 0.25) is 5.91 Å². The third kappa shape index (κ3) is 2.44. The smallest absolute Gasteiger partial charge is 0.251 e. The summed E-state index contributed by atoms with van der Waals surface area (Å²) in [4.78, 5) is 24.7. The van der Waals surface area contributed by atoms with Crippen molar-refractivity contribution in [3.63, 3.8) is 0 Å². The van der Waals surface area contributed by atoms with Crippen LogP contribution in [-0.4, -0.2) is 11.8 Å². The van der Waals surface area contributed by atoms with Crippen molar-refractivity contribution in [1.82, 2.24) is 0 Å². The summed E-state index contributed by atoms with van der Waals surface area (Å²) in [6.07, 6.45) is 0. The summed E-state index contributed by atoms with van der Waals surface area (Å²) in [7, 11) is 0. The number of aryl methyl sites for hydroxylation is 1. The Labute approximate surface area is 149 Å². The van der Waals surface area contributed by atoms with E-state index in [2.05, 4.69) is 5.32 Å². The molecule has 3 N–H and O–H groups in total. The molecule has 2 aromatic carbocycles. The molecule has 1 aliphatic carbocycles. The first-order valence-electron chi connectivity index (χ1n) is 7.95. The van der Waals surface area contributed by atoms with Crippen LogP contribution in [0.25, 0.3) is 11.1 Å². The van der Waals surface area contributed by atoms with Gasteiger partial charge in [-0.3, -0.25) is 9.59 Å². The third-order valence-electron chi connectivity index (χ3n) is 4.55. The number of hydrogen-bond donors (Lipinski definition) is 2. The number of primary amides is 1. The minimum atomic E-state index is -0.527. The Morgan fingerprint density at radius 3 is 2.12 bits per heavy atom. The molecule has 5 heteroatoms. The van der Waals surface area contributed by atoms with E-state index in [1.54, 1.807) is 0 Å². The highest BCUT2D eigenvalue weighted by molar-refractivity contribution is 7.15. The number of nitrogens with one attached hydrogen (secondary N) is 1. The van der Waals surface area contributed by atoms with Crippen LogP contribution < -0.4 is 11.1 Å². The number of hydrogen-bond acceptors (Lipinski definition) is 3. The van der Waals surface area contributed by atoms with E-state index in [4.69, 9.17) is 5.73 Å². The highest BCUT2D eigenvalue weighted by Gasteiger charge is 2.34. The number of rotatable bonds is 3. The lowest BCUT2D eigenvalue weighted by Crippen LogP contribution is -2.22. The van der Waals surface area contributed by atoms with E-state index in [0.717, 1.165) is 27.8 Å². The van der Waals surface area contributed by atoms with Crippen LogP contribution in [0.4, 0.5) is 5.00 Å². The fraction of sp³-hybridized carbons (Fsp3) is 0.100. The average Bonchev–Trinajstić information content (AvgIpc) is 3.13. The second-order valence-electron chi connectivity index (χ2n) is 6.08. The molecule has 0 saturated heterocycles.